The molecule has 0 radical (unpaired) electrons. The molecule has 0 fully saturated rings. The molecule has 0 aliphatic heterocycles. The van der Waals surface area contributed by atoms with Crippen LogP contribution >= 0.6 is 0 Å². The summed E-state index contributed by atoms with van der Waals surface area (Å²) in [4.78, 5) is 12.3. The third-order valence-corrected chi connectivity index (χ3v) is 13.0. The number of carbonyl (C=O) groups excluding carboxylic acids is 1. The van der Waals surface area contributed by atoms with Crippen LogP contribution in [-0.2, 0) is 4.74 Å². The fourth-order valence-electron chi connectivity index (χ4n) is 4.79. The van der Waals surface area contributed by atoms with E-state index in [2.05, 4.69) is 81.7 Å². The van der Waals surface area contributed by atoms with Gasteiger partial charge in [-0.25, -0.2) is 4.79 Å². The van der Waals surface area contributed by atoms with Crippen LogP contribution < -0.4 is 5.32 Å². The van der Waals surface area contributed by atoms with Gasteiger partial charge in [-0.3, -0.25) is 5.32 Å². The van der Waals surface area contributed by atoms with E-state index in [0.717, 1.165) is 22.3 Å². The summed E-state index contributed by atoms with van der Waals surface area (Å²) in [5.41, 5.74) is 6.23. The predicted molar refractivity (Wildman–Crippen MR) is 158 cm³/mol. The summed E-state index contributed by atoms with van der Waals surface area (Å²) in [6.07, 6.45) is 1.10. The summed E-state index contributed by atoms with van der Waals surface area (Å²) in [6, 6.07) is 10.2. The van der Waals surface area contributed by atoms with Crippen LogP contribution in [0, 0.1) is 13.8 Å². The fraction of sp³-hybridized carbons (Fsp3) is 0.516. The molecule has 1 heterocycles. The molecule has 1 aromatic heterocycles. The highest BCUT2D eigenvalue weighted by molar-refractivity contribution is 6.79. The normalized spacial score (nSPS) is 13.8. The SMILES string of the molecule is Cc1cc(NC(=O)OC(C)(C)C)cc(C)c1C(O)c1ccc2c(c1)c(C(C)C)cn2[Si](C)(C)C(C)(C)C. The van der Waals surface area contributed by atoms with Crippen molar-refractivity contribution in [2.24, 2.45) is 0 Å². The Hall–Kier alpha value is -2.57. The number of aliphatic hydroxyl groups is 1. The number of nitrogens with one attached hydrogen (secondary N) is 1. The molecule has 3 rings (SSSR count). The lowest BCUT2D eigenvalue weighted by atomic mass is 9.91. The molecule has 3 aromatic rings. The Balaban J connectivity index is 2.03. The highest BCUT2D eigenvalue weighted by Crippen LogP contribution is 2.42. The third-order valence-electron chi connectivity index (χ3n) is 7.75. The molecule has 1 unspecified atom stereocenters. The van der Waals surface area contributed by atoms with E-state index in [4.69, 9.17) is 4.74 Å². The largest absolute Gasteiger partial charge is 0.444 e. The Morgan fingerprint density at radius 3 is 2.05 bits per heavy atom. The maximum atomic E-state index is 12.3. The van der Waals surface area contributed by atoms with E-state index in [0.29, 0.717) is 11.6 Å². The molecule has 0 saturated heterocycles. The summed E-state index contributed by atoms with van der Waals surface area (Å²) in [5, 5.41) is 15.8. The molecular weight excluding hydrogens is 476 g/mol. The number of aryl methyl sites for hydroxylation is 2. The average Bonchev–Trinajstić information content (AvgIpc) is 3.10. The van der Waals surface area contributed by atoms with Crippen molar-refractivity contribution < 1.29 is 14.6 Å². The van der Waals surface area contributed by atoms with Gasteiger partial charge in [-0.2, -0.15) is 0 Å². The Bertz CT molecular complexity index is 1280. The number of amides is 1. The van der Waals surface area contributed by atoms with Gasteiger partial charge in [0.15, 0.2) is 8.24 Å². The number of benzene rings is 2. The molecule has 0 bridgehead atoms. The number of fused-ring (bicyclic) bond motifs is 1. The molecule has 2 aromatic carbocycles. The van der Waals surface area contributed by atoms with Crippen molar-refractivity contribution in [1.29, 1.82) is 0 Å². The van der Waals surface area contributed by atoms with Gasteiger partial charge in [0.1, 0.15) is 11.7 Å². The molecule has 6 heteroatoms. The van der Waals surface area contributed by atoms with Crippen molar-refractivity contribution in [1.82, 2.24) is 4.23 Å². The zero-order chi connectivity index (χ0) is 28.1. The van der Waals surface area contributed by atoms with Crippen LogP contribution in [0.15, 0.2) is 36.5 Å². The van der Waals surface area contributed by atoms with Crippen molar-refractivity contribution in [2.75, 3.05) is 5.32 Å². The van der Waals surface area contributed by atoms with E-state index in [1.165, 1.54) is 16.5 Å². The second kappa shape index (κ2) is 9.95. The molecule has 0 spiro atoms. The van der Waals surface area contributed by atoms with Gasteiger partial charge in [-0.15, -0.1) is 0 Å². The summed E-state index contributed by atoms with van der Waals surface area (Å²) >= 11 is 0. The lowest BCUT2D eigenvalue weighted by Gasteiger charge is -2.38. The fourth-order valence-corrected chi connectivity index (χ4v) is 6.78. The van der Waals surface area contributed by atoms with Crippen LogP contribution in [0.25, 0.3) is 10.9 Å². The van der Waals surface area contributed by atoms with E-state index >= 15 is 0 Å². The van der Waals surface area contributed by atoms with Crippen LogP contribution in [-0.4, -0.2) is 29.3 Å². The van der Waals surface area contributed by atoms with E-state index in [9.17, 15) is 9.90 Å². The number of aliphatic hydroxyl groups excluding tert-OH is 1. The lowest BCUT2D eigenvalue weighted by Crippen LogP contribution is -2.44. The Labute approximate surface area is 224 Å². The summed E-state index contributed by atoms with van der Waals surface area (Å²) < 4.78 is 7.93. The molecule has 0 aliphatic carbocycles. The van der Waals surface area contributed by atoms with Crippen molar-refractivity contribution in [3.05, 3.63) is 64.3 Å². The number of nitrogens with zero attached hydrogens (tertiary/aromatic N) is 1. The minimum atomic E-state index is -1.82. The van der Waals surface area contributed by atoms with Crippen LogP contribution in [0.3, 0.4) is 0 Å². The van der Waals surface area contributed by atoms with Gasteiger partial charge in [0.05, 0.1) is 0 Å². The van der Waals surface area contributed by atoms with Crippen LogP contribution in [0.2, 0.25) is 18.1 Å². The van der Waals surface area contributed by atoms with Gasteiger partial charge >= 0.3 is 6.09 Å². The van der Waals surface area contributed by atoms with Crippen molar-refractivity contribution >= 4 is 30.9 Å². The van der Waals surface area contributed by atoms with E-state index < -0.39 is 26.0 Å². The van der Waals surface area contributed by atoms with Gasteiger partial charge in [0.2, 0.25) is 0 Å². The highest BCUT2D eigenvalue weighted by Gasteiger charge is 2.38. The lowest BCUT2D eigenvalue weighted by molar-refractivity contribution is 0.0636. The molecule has 0 aliphatic rings. The molecule has 5 nitrogen and oxygen atoms in total. The van der Waals surface area contributed by atoms with E-state index in [1.807, 2.05) is 46.8 Å². The Morgan fingerprint density at radius 1 is 1.00 bits per heavy atom. The maximum absolute atomic E-state index is 12.3. The first-order chi connectivity index (χ1) is 16.8. The summed E-state index contributed by atoms with van der Waals surface area (Å²) in [5.74, 6) is 0.377. The van der Waals surface area contributed by atoms with Gasteiger partial charge in [-0.05, 0) is 104 Å². The quantitative estimate of drug-likeness (QED) is 0.330. The summed E-state index contributed by atoms with van der Waals surface area (Å²) in [7, 11) is -1.82. The number of carbonyl (C=O) groups is 1. The number of anilines is 1. The zero-order valence-corrected chi connectivity index (χ0v) is 25.8. The van der Waals surface area contributed by atoms with Gasteiger partial charge in [-0.1, -0.05) is 53.8 Å². The van der Waals surface area contributed by atoms with E-state index in [1.54, 1.807) is 0 Å². The van der Waals surface area contributed by atoms with E-state index in [-0.39, 0.29) is 5.04 Å². The van der Waals surface area contributed by atoms with Crippen LogP contribution in [0.4, 0.5) is 10.5 Å². The number of ether oxygens (including phenoxy) is 1. The van der Waals surface area contributed by atoms with Crippen molar-refractivity contribution in [3.63, 3.8) is 0 Å². The van der Waals surface area contributed by atoms with Crippen LogP contribution in [0.1, 0.15) is 95.2 Å². The van der Waals surface area contributed by atoms with Gasteiger partial charge in [0, 0.05) is 16.6 Å². The molecule has 37 heavy (non-hydrogen) atoms. The molecule has 202 valence electrons. The monoisotopic (exact) mass is 522 g/mol. The average molecular weight is 523 g/mol. The number of rotatable bonds is 5. The zero-order valence-electron chi connectivity index (χ0n) is 24.8. The molecule has 1 atom stereocenters. The smallest absolute Gasteiger partial charge is 0.412 e. The number of hydrogen-bond acceptors (Lipinski definition) is 3. The highest BCUT2D eigenvalue weighted by atomic mass is 28.3. The first kappa shape index (κ1) is 29.0. The minimum Gasteiger partial charge on any atom is -0.444 e. The Morgan fingerprint density at radius 2 is 1.57 bits per heavy atom. The molecular formula is C31H46N2O3Si. The predicted octanol–water partition coefficient (Wildman–Crippen LogP) is 8.66. The first-order valence-corrected chi connectivity index (χ1v) is 16.2. The van der Waals surface area contributed by atoms with Gasteiger partial charge in [0.25, 0.3) is 0 Å². The van der Waals surface area contributed by atoms with Crippen molar-refractivity contribution in [2.45, 2.75) is 105 Å². The second-order valence-corrected chi connectivity index (χ2v) is 18.3. The standard InChI is InChI=1S/C31H46N2O3Si/c1-19(2)25-18-33(37(11,12)31(8,9)10)26-14-13-22(17-24(25)26)28(34)27-20(3)15-23(16-21(27)4)32-29(35)36-30(5,6)7/h13-19,28,34H,1-12H3,(H,32,35). The molecule has 1 amide bonds. The Kier molecular flexibility index (Phi) is 7.80. The van der Waals surface area contributed by atoms with Crippen LogP contribution in [0.5, 0.6) is 0 Å². The summed E-state index contributed by atoms with van der Waals surface area (Å²) in [6.45, 7) is 25.8. The van der Waals surface area contributed by atoms with Gasteiger partial charge < -0.3 is 14.1 Å². The van der Waals surface area contributed by atoms with Crippen molar-refractivity contribution in [3.8, 4) is 0 Å². The minimum absolute atomic E-state index is 0.203. The topological polar surface area (TPSA) is 63.5 Å². The molecule has 2 N–H and O–H groups in total. The molecule has 0 saturated carbocycles. The maximum Gasteiger partial charge on any atom is 0.412 e. The number of aromatic nitrogens is 1. The number of hydrogen-bond donors (Lipinski definition) is 2. The first-order valence-electron chi connectivity index (χ1n) is 13.3. The second-order valence-electron chi connectivity index (χ2n) is 13.2. The third kappa shape index (κ3) is 5.96.